The number of benzene rings is 3. The molecule has 0 aliphatic carbocycles. The van der Waals surface area contributed by atoms with Gasteiger partial charge in [-0.05, 0) is 36.4 Å². The van der Waals surface area contributed by atoms with E-state index in [1.54, 1.807) is 24.3 Å². The molecule has 0 heterocycles. The van der Waals surface area contributed by atoms with Gasteiger partial charge in [-0.3, -0.25) is 0 Å². The topological polar surface area (TPSA) is 21.6 Å². The zero-order valence-electron chi connectivity index (χ0n) is 13.8. The number of rotatable bonds is 6. The van der Waals surface area contributed by atoms with Gasteiger partial charge in [0, 0.05) is 10.3 Å². The summed E-state index contributed by atoms with van der Waals surface area (Å²) < 4.78 is 20.4. The molecule has 3 aromatic carbocycles. The predicted molar refractivity (Wildman–Crippen MR) is 110 cm³/mol. The first-order chi connectivity index (χ1) is 12.8. The minimum absolute atomic E-state index is 0.0661. The summed E-state index contributed by atoms with van der Waals surface area (Å²) in [4.78, 5) is 5.36. The predicted octanol–water partition coefficient (Wildman–Crippen LogP) is 7.05. The molecule has 0 aliphatic heterocycles. The smallest absolute Gasteiger partial charge is 0.257 e. The van der Waals surface area contributed by atoms with Crippen molar-refractivity contribution in [3.63, 3.8) is 0 Å². The van der Waals surface area contributed by atoms with Crippen LogP contribution in [0.3, 0.4) is 0 Å². The molecule has 26 heavy (non-hydrogen) atoms. The van der Waals surface area contributed by atoms with Crippen LogP contribution >= 0.6 is 21.6 Å². The van der Waals surface area contributed by atoms with Crippen LogP contribution in [0.4, 0.5) is 10.1 Å². The minimum atomic E-state index is -0.522. The molecule has 0 saturated carbocycles. The average Bonchev–Trinajstić information content (AvgIpc) is 2.70. The van der Waals surface area contributed by atoms with Gasteiger partial charge >= 0.3 is 0 Å². The fourth-order valence-electron chi connectivity index (χ4n) is 1.99. The Labute approximate surface area is 160 Å². The molecular formula is C21H16FNOS2. The molecule has 130 valence electrons. The third-order valence-electron chi connectivity index (χ3n) is 3.19. The summed E-state index contributed by atoms with van der Waals surface area (Å²) in [5.41, 5.74) is 0.627. The molecule has 3 aromatic rings. The Hall–Kier alpha value is -2.50. The largest absolute Gasteiger partial charge is 0.436 e. The van der Waals surface area contributed by atoms with E-state index in [2.05, 4.69) is 4.99 Å². The van der Waals surface area contributed by atoms with Gasteiger partial charge in [-0.25, -0.2) is 9.38 Å². The SMILES string of the molecule is F/C(=C\SSc1ccccc1)C(=Nc1ccccc1)Oc1ccccc1. The van der Waals surface area contributed by atoms with Crippen LogP contribution in [-0.2, 0) is 0 Å². The maximum absolute atomic E-state index is 14.7. The number of nitrogens with zero attached hydrogens (tertiary/aromatic N) is 1. The van der Waals surface area contributed by atoms with E-state index >= 15 is 0 Å². The molecule has 0 spiro atoms. The molecule has 2 nitrogen and oxygen atoms in total. The van der Waals surface area contributed by atoms with Crippen molar-refractivity contribution < 1.29 is 9.13 Å². The summed E-state index contributed by atoms with van der Waals surface area (Å²) in [6, 6.07) is 28.0. The number of ether oxygens (including phenoxy) is 1. The summed E-state index contributed by atoms with van der Waals surface area (Å²) in [7, 11) is 2.75. The van der Waals surface area contributed by atoms with Gasteiger partial charge in [0.05, 0.1) is 5.69 Å². The zero-order valence-corrected chi connectivity index (χ0v) is 15.4. The fraction of sp³-hybridized carbons (Fsp3) is 0. The molecule has 0 aromatic heterocycles. The summed E-state index contributed by atoms with van der Waals surface area (Å²) in [5.74, 6) is -0.0545. The number of para-hydroxylation sites is 2. The minimum Gasteiger partial charge on any atom is -0.436 e. The fourth-order valence-corrected chi connectivity index (χ4v) is 3.67. The number of aliphatic imine (C=N–C) groups is 1. The Morgan fingerprint density at radius 3 is 2.04 bits per heavy atom. The highest BCUT2D eigenvalue weighted by Gasteiger charge is 2.11. The molecule has 0 N–H and O–H groups in total. The Morgan fingerprint density at radius 2 is 1.38 bits per heavy atom. The summed E-state index contributed by atoms with van der Waals surface area (Å²) in [6.45, 7) is 0. The first kappa shape index (κ1) is 18.3. The third kappa shape index (κ3) is 5.79. The van der Waals surface area contributed by atoms with Crippen LogP contribution in [-0.4, -0.2) is 5.90 Å². The highest BCUT2D eigenvalue weighted by atomic mass is 33.1. The first-order valence-corrected chi connectivity index (χ1v) is 10.1. The lowest BCUT2D eigenvalue weighted by molar-refractivity contribution is 0.521. The van der Waals surface area contributed by atoms with Crippen LogP contribution in [0.5, 0.6) is 5.75 Å². The van der Waals surface area contributed by atoms with Crippen LogP contribution in [0.15, 0.2) is 112 Å². The van der Waals surface area contributed by atoms with Crippen LogP contribution in [0.2, 0.25) is 0 Å². The van der Waals surface area contributed by atoms with Gasteiger partial charge in [0.15, 0.2) is 5.83 Å². The second-order valence-electron chi connectivity index (χ2n) is 5.13. The van der Waals surface area contributed by atoms with Crippen molar-refractivity contribution in [3.05, 3.63) is 102 Å². The van der Waals surface area contributed by atoms with Gasteiger partial charge in [-0.2, -0.15) is 0 Å². The monoisotopic (exact) mass is 381 g/mol. The van der Waals surface area contributed by atoms with E-state index in [1.165, 1.54) is 27.0 Å². The molecule has 0 aliphatic rings. The van der Waals surface area contributed by atoms with Crippen molar-refractivity contribution in [2.45, 2.75) is 4.90 Å². The first-order valence-electron chi connectivity index (χ1n) is 7.92. The molecule has 0 saturated heterocycles. The van der Waals surface area contributed by atoms with Gasteiger partial charge in [0.25, 0.3) is 5.90 Å². The van der Waals surface area contributed by atoms with Gasteiger partial charge in [0.2, 0.25) is 0 Å². The van der Waals surface area contributed by atoms with E-state index in [-0.39, 0.29) is 5.90 Å². The summed E-state index contributed by atoms with van der Waals surface area (Å²) >= 11 is 0. The van der Waals surface area contributed by atoms with Crippen molar-refractivity contribution in [1.29, 1.82) is 0 Å². The summed E-state index contributed by atoms with van der Waals surface area (Å²) in [6.07, 6.45) is 0. The average molecular weight is 381 g/mol. The zero-order chi connectivity index (χ0) is 18.0. The Kier molecular flexibility index (Phi) is 6.93. The van der Waals surface area contributed by atoms with E-state index < -0.39 is 5.83 Å². The highest BCUT2D eigenvalue weighted by Crippen LogP contribution is 2.33. The highest BCUT2D eigenvalue weighted by molar-refractivity contribution is 8.77. The number of hydrogen-bond acceptors (Lipinski definition) is 4. The third-order valence-corrected chi connectivity index (χ3v) is 5.21. The van der Waals surface area contributed by atoms with E-state index in [9.17, 15) is 4.39 Å². The van der Waals surface area contributed by atoms with E-state index in [4.69, 9.17) is 4.74 Å². The lowest BCUT2D eigenvalue weighted by Crippen LogP contribution is -2.08. The molecule has 0 radical (unpaired) electrons. The van der Waals surface area contributed by atoms with Gasteiger partial charge < -0.3 is 4.74 Å². The Morgan fingerprint density at radius 1 is 0.808 bits per heavy atom. The van der Waals surface area contributed by atoms with Gasteiger partial charge in [-0.1, -0.05) is 76.2 Å². The Balaban J connectivity index is 1.77. The number of hydrogen-bond donors (Lipinski definition) is 0. The van der Waals surface area contributed by atoms with Crippen LogP contribution < -0.4 is 4.74 Å². The maximum Gasteiger partial charge on any atom is 0.257 e. The second-order valence-corrected chi connectivity index (χ2v) is 7.27. The van der Waals surface area contributed by atoms with Crippen molar-refractivity contribution in [2.24, 2.45) is 4.99 Å². The molecule has 0 unspecified atom stereocenters. The normalized spacial score (nSPS) is 12.0. The van der Waals surface area contributed by atoms with Gasteiger partial charge in [-0.15, -0.1) is 0 Å². The van der Waals surface area contributed by atoms with E-state index in [0.717, 1.165) is 4.90 Å². The van der Waals surface area contributed by atoms with Crippen molar-refractivity contribution >= 4 is 33.2 Å². The van der Waals surface area contributed by atoms with Crippen LogP contribution in [0.1, 0.15) is 0 Å². The standard InChI is InChI=1S/C21H16FNOS2/c22-20(16-25-26-19-14-8-3-9-15-19)21(23-17-10-4-1-5-11-17)24-18-12-6-2-7-13-18/h1-16H/b20-16-,23-21?. The Bertz CT molecular complexity index is 868. The van der Waals surface area contributed by atoms with Crippen molar-refractivity contribution in [1.82, 2.24) is 0 Å². The van der Waals surface area contributed by atoms with Crippen LogP contribution in [0.25, 0.3) is 0 Å². The van der Waals surface area contributed by atoms with Crippen molar-refractivity contribution in [3.8, 4) is 5.75 Å². The second kappa shape index (κ2) is 9.85. The summed E-state index contributed by atoms with van der Waals surface area (Å²) in [5, 5.41) is 1.41. The molecule has 0 fully saturated rings. The van der Waals surface area contributed by atoms with Gasteiger partial charge in [0.1, 0.15) is 5.75 Å². The molecule has 0 atom stereocenters. The van der Waals surface area contributed by atoms with Crippen molar-refractivity contribution in [2.75, 3.05) is 0 Å². The lowest BCUT2D eigenvalue weighted by atomic mass is 10.3. The lowest BCUT2D eigenvalue weighted by Gasteiger charge is -2.07. The number of halogens is 1. The molecule has 5 heteroatoms. The molecule has 0 amide bonds. The quantitative estimate of drug-likeness (QED) is 0.259. The van der Waals surface area contributed by atoms with E-state index in [1.807, 2.05) is 66.7 Å². The van der Waals surface area contributed by atoms with Crippen LogP contribution in [0, 0.1) is 0 Å². The maximum atomic E-state index is 14.7. The molecule has 0 bridgehead atoms. The molecular weight excluding hydrogens is 365 g/mol. The molecule has 3 rings (SSSR count). The van der Waals surface area contributed by atoms with E-state index in [0.29, 0.717) is 11.4 Å².